The summed E-state index contributed by atoms with van der Waals surface area (Å²) in [6.45, 7) is 5.90. The number of sulfonamides is 1. The summed E-state index contributed by atoms with van der Waals surface area (Å²) in [5, 5.41) is 17.0. The van der Waals surface area contributed by atoms with Crippen molar-refractivity contribution in [1.29, 1.82) is 0 Å². The molecule has 5 N–H and O–H groups in total. The van der Waals surface area contributed by atoms with Gasteiger partial charge in [-0.15, -0.1) is 0 Å². The standard InChI is InChI=1S/C31H40N4O8S/c1-18(2)15-35(44(39,40)21-9-10-24-23(14-21)28(19(3)32)29(37)33-24)16-26(36)25(13-20-7-5-4-6-8-20)34-31(38)43-27-17-42-30-22(27)11-12-41-30/h4-10,14,18,22,25-27,30,36H,11-13,15-17,32H2,1-3H3,(H,33,37)(H,34,38)/b28-19+. The lowest BCUT2D eigenvalue weighted by Crippen LogP contribution is -2.51. The topological polar surface area (TPSA) is 170 Å². The molecule has 2 fully saturated rings. The molecule has 5 atom stereocenters. The van der Waals surface area contributed by atoms with Gasteiger partial charge in [0.1, 0.15) is 6.10 Å². The van der Waals surface area contributed by atoms with Gasteiger partial charge in [-0.05, 0) is 49.4 Å². The second kappa shape index (κ2) is 13.2. The summed E-state index contributed by atoms with van der Waals surface area (Å²) < 4.78 is 46.0. The second-order valence-corrected chi connectivity index (χ2v) is 13.9. The predicted molar refractivity (Wildman–Crippen MR) is 163 cm³/mol. The van der Waals surface area contributed by atoms with Crippen LogP contribution >= 0.6 is 0 Å². The number of nitrogens with zero attached hydrogens (tertiary/aromatic N) is 1. The molecule has 3 aliphatic heterocycles. The minimum atomic E-state index is -4.15. The van der Waals surface area contributed by atoms with Crippen LogP contribution in [0.25, 0.3) is 5.57 Å². The van der Waals surface area contributed by atoms with Crippen LogP contribution in [0.1, 0.15) is 38.3 Å². The average molecular weight is 629 g/mol. The lowest BCUT2D eigenvalue weighted by atomic mass is 10.0. The number of carbonyl (C=O) groups excluding carboxylic acids is 2. The van der Waals surface area contributed by atoms with Crippen LogP contribution < -0.4 is 16.4 Å². The molecule has 0 aromatic heterocycles. The van der Waals surface area contributed by atoms with Gasteiger partial charge >= 0.3 is 6.09 Å². The summed E-state index contributed by atoms with van der Waals surface area (Å²) in [7, 11) is -4.15. The van der Waals surface area contributed by atoms with Crippen molar-refractivity contribution in [3.8, 4) is 0 Å². The van der Waals surface area contributed by atoms with E-state index in [2.05, 4.69) is 10.6 Å². The highest BCUT2D eigenvalue weighted by molar-refractivity contribution is 7.89. The number of amides is 2. The molecule has 2 aromatic rings. The van der Waals surface area contributed by atoms with E-state index in [0.717, 1.165) is 12.0 Å². The zero-order valence-corrected chi connectivity index (χ0v) is 25.9. The van der Waals surface area contributed by atoms with Gasteiger partial charge in [0, 0.05) is 30.0 Å². The number of ether oxygens (including phenoxy) is 3. The van der Waals surface area contributed by atoms with Crippen molar-refractivity contribution >= 4 is 33.3 Å². The second-order valence-electron chi connectivity index (χ2n) is 11.9. The molecule has 238 valence electrons. The molecular weight excluding hydrogens is 588 g/mol. The zero-order chi connectivity index (χ0) is 31.6. The van der Waals surface area contributed by atoms with Gasteiger partial charge in [0.2, 0.25) is 10.0 Å². The van der Waals surface area contributed by atoms with E-state index in [4.69, 9.17) is 19.9 Å². The first-order chi connectivity index (χ1) is 20.9. The van der Waals surface area contributed by atoms with Gasteiger partial charge in [0.05, 0.1) is 41.7 Å². The molecule has 5 unspecified atom stereocenters. The summed E-state index contributed by atoms with van der Waals surface area (Å²) in [6.07, 6.45) is -1.93. The summed E-state index contributed by atoms with van der Waals surface area (Å²) in [5.74, 6) is -0.530. The van der Waals surface area contributed by atoms with Crippen molar-refractivity contribution < 1.29 is 37.3 Å². The summed E-state index contributed by atoms with van der Waals surface area (Å²) in [6, 6.07) is 12.8. The monoisotopic (exact) mass is 628 g/mol. The zero-order valence-electron chi connectivity index (χ0n) is 25.1. The number of alkyl carbamates (subject to hydrolysis) is 1. The van der Waals surface area contributed by atoms with Crippen LogP contribution in [0, 0.1) is 11.8 Å². The summed E-state index contributed by atoms with van der Waals surface area (Å²) >= 11 is 0. The number of aliphatic hydroxyl groups is 1. The van der Waals surface area contributed by atoms with E-state index in [1.54, 1.807) is 6.92 Å². The maximum absolute atomic E-state index is 14.0. The molecule has 3 aliphatic rings. The normalized spacial score (nSPS) is 23.7. The van der Waals surface area contributed by atoms with Gasteiger partial charge in [0.15, 0.2) is 6.29 Å². The van der Waals surface area contributed by atoms with Gasteiger partial charge < -0.3 is 35.7 Å². The molecule has 12 nitrogen and oxygen atoms in total. The van der Waals surface area contributed by atoms with Gasteiger partial charge in [-0.3, -0.25) is 4.79 Å². The van der Waals surface area contributed by atoms with Crippen molar-refractivity contribution in [2.45, 2.75) is 63.0 Å². The van der Waals surface area contributed by atoms with Crippen LogP contribution in [0.4, 0.5) is 10.5 Å². The third-order valence-electron chi connectivity index (χ3n) is 8.04. The summed E-state index contributed by atoms with van der Waals surface area (Å²) in [4.78, 5) is 25.5. The number of anilines is 1. The molecule has 5 rings (SSSR count). The van der Waals surface area contributed by atoms with Crippen LogP contribution in [-0.2, 0) is 35.4 Å². The number of nitrogens with two attached hydrogens (primary N) is 1. The fourth-order valence-electron chi connectivity index (χ4n) is 5.88. The number of hydrogen-bond donors (Lipinski definition) is 4. The Kier molecular flexibility index (Phi) is 9.61. The average Bonchev–Trinajstić information content (AvgIpc) is 3.67. The van der Waals surface area contributed by atoms with Crippen LogP contribution in [-0.4, -0.2) is 80.7 Å². The van der Waals surface area contributed by atoms with Gasteiger partial charge in [0.25, 0.3) is 5.91 Å². The number of aliphatic hydroxyl groups excluding tert-OH is 1. The third kappa shape index (κ3) is 6.92. The van der Waals surface area contributed by atoms with Gasteiger partial charge in [-0.2, -0.15) is 4.31 Å². The first kappa shape index (κ1) is 31.9. The number of fused-ring (bicyclic) bond motifs is 2. The molecule has 0 saturated carbocycles. The van der Waals surface area contributed by atoms with Gasteiger partial charge in [-0.1, -0.05) is 44.2 Å². The van der Waals surface area contributed by atoms with E-state index in [-0.39, 0.29) is 60.4 Å². The third-order valence-corrected chi connectivity index (χ3v) is 9.86. The Morgan fingerprint density at radius 3 is 2.64 bits per heavy atom. The molecule has 2 saturated heterocycles. The molecule has 2 aromatic carbocycles. The minimum absolute atomic E-state index is 0.0408. The molecular formula is C31H40N4O8S. The van der Waals surface area contributed by atoms with E-state index in [1.807, 2.05) is 44.2 Å². The van der Waals surface area contributed by atoms with Crippen LogP contribution in [0.2, 0.25) is 0 Å². The molecule has 3 heterocycles. The van der Waals surface area contributed by atoms with E-state index < -0.39 is 40.3 Å². The first-order valence-electron chi connectivity index (χ1n) is 14.8. The smallest absolute Gasteiger partial charge is 0.407 e. The Labute approximate surface area is 257 Å². The maximum Gasteiger partial charge on any atom is 0.407 e. The number of allylic oxidation sites excluding steroid dienone is 1. The Morgan fingerprint density at radius 1 is 1.18 bits per heavy atom. The van der Waals surface area contributed by atoms with Crippen molar-refractivity contribution in [3.63, 3.8) is 0 Å². The Hall–Kier alpha value is -3.49. The number of rotatable bonds is 11. The predicted octanol–water partition coefficient (Wildman–Crippen LogP) is 2.43. The molecule has 0 bridgehead atoms. The minimum Gasteiger partial charge on any atom is -0.443 e. The highest BCUT2D eigenvalue weighted by Gasteiger charge is 2.44. The van der Waals surface area contributed by atoms with Crippen molar-refractivity contribution in [3.05, 3.63) is 65.4 Å². The van der Waals surface area contributed by atoms with E-state index >= 15 is 0 Å². The van der Waals surface area contributed by atoms with Crippen molar-refractivity contribution in [2.75, 3.05) is 31.6 Å². The molecule has 2 amide bonds. The summed E-state index contributed by atoms with van der Waals surface area (Å²) in [5.41, 5.74) is 8.14. The Morgan fingerprint density at radius 2 is 1.93 bits per heavy atom. The Bertz CT molecular complexity index is 1510. The van der Waals surface area contributed by atoms with Crippen LogP contribution in [0.5, 0.6) is 0 Å². The molecule has 0 aliphatic carbocycles. The number of carbonyl (C=O) groups is 2. The number of nitrogens with one attached hydrogen (secondary N) is 2. The van der Waals surface area contributed by atoms with Gasteiger partial charge in [-0.25, -0.2) is 13.2 Å². The lowest BCUT2D eigenvalue weighted by molar-refractivity contribution is -0.110. The first-order valence-corrected chi connectivity index (χ1v) is 16.2. The lowest BCUT2D eigenvalue weighted by Gasteiger charge is -2.31. The van der Waals surface area contributed by atoms with E-state index in [0.29, 0.717) is 17.9 Å². The number of hydrogen-bond acceptors (Lipinski definition) is 9. The maximum atomic E-state index is 14.0. The molecule has 0 radical (unpaired) electrons. The van der Waals surface area contributed by atoms with Crippen molar-refractivity contribution in [1.82, 2.24) is 9.62 Å². The number of benzene rings is 2. The van der Waals surface area contributed by atoms with Crippen molar-refractivity contribution in [2.24, 2.45) is 17.6 Å². The largest absolute Gasteiger partial charge is 0.443 e. The fourth-order valence-corrected chi connectivity index (χ4v) is 7.53. The van der Waals surface area contributed by atoms with Crippen LogP contribution in [0.15, 0.2) is 59.1 Å². The van der Waals surface area contributed by atoms with E-state index in [9.17, 15) is 23.1 Å². The molecule has 0 spiro atoms. The highest BCUT2D eigenvalue weighted by Crippen LogP contribution is 2.36. The fraction of sp³-hybridized carbons (Fsp3) is 0.484. The highest BCUT2D eigenvalue weighted by atomic mass is 32.2. The van der Waals surface area contributed by atoms with Crippen LogP contribution in [0.3, 0.4) is 0 Å². The molecule has 13 heteroatoms. The molecule has 44 heavy (non-hydrogen) atoms. The SMILES string of the molecule is C/C(N)=C1\C(=O)Nc2ccc(S(=O)(=O)N(CC(C)C)CC(O)C(Cc3ccccc3)NC(=O)OC3COC4OCCC34)cc21. The Balaban J connectivity index is 1.37. The van der Waals surface area contributed by atoms with E-state index in [1.165, 1.54) is 22.5 Å². The quantitative estimate of drug-likeness (QED) is 0.273.